The van der Waals surface area contributed by atoms with Gasteiger partial charge < -0.3 is 14.8 Å². The molecule has 3 aromatic rings. The van der Waals surface area contributed by atoms with E-state index in [2.05, 4.69) is 5.32 Å². The summed E-state index contributed by atoms with van der Waals surface area (Å²) in [6.45, 7) is 1.30. The molecule has 1 N–H and O–H groups in total. The number of hydrogen-bond donors (Lipinski definition) is 1. The summed E-state index contributed by atoms with van der Waals surface area (Å²) in [5.41, 5.74) is 0.755. The molecule has 1 aliphatic heterocycles. The molecule has 0 saturated heterocycles. The zero-order valence-electron chi connectivity index (χ0n) is 17.2. The standard InChI is InChI=1S/C22H21ClN2O5S2/c1-25(14-17-7-9-21(23)31-17)32(27,28)18-5-2-4-15(12-18)22(26)24-16-6-8-19-20(13-16)30-11-3-10-29-19/h2,4-9,12-13H,3,10-11,14H2,1H3,(H,24,26). The minimum atomic E-state index is -3.79. The van der Waals surface area contributed by atoms with E-state index in [-0.39, 0.29) is 17.0 Å². The van der Waals surface area contributed by atoms with Crippen LogP contribution in [0.25, 0.3) is 0 Å². The number of hydrogen-bond acceptors (Lipinski definition) is 6. The Labute approximate surface area is 195 Å². The van der Waals surface area contributed by atoms with Gasteiger partial charge in [0, 0.05) is 42.2 Å². The van der Waals surface area contributed by atoms with E-state index in [1.54, 1.807) is 42.5 Å². The maximum absolute atomic E-state index is 13.0. The fourth-order valence-electron chi connectivity index (χ4n) is 3.16. The lowest BCUT2D eigenvalue weighted by atomic mass is 10.2. The molecule has 0 spiro atoms. The molecule has 32 heavy (non-hydrogen) atoms. The minimum absolute atomic E-state index is 0.0361. The van der Waals surface area contributed by atoms with E-state index in [1.807, 2.05) is 0 Å². The summed E-state index contributed by atoms with van der Waals surface area (Å²) >= 11 is 7.26. The molecular weight excluding hydrogens is 472 g/mol. The first-order valence-electron chi connectivity index (χ1n) is 9.84. The molecule has 7 nitrogen and oxygen atoms in total. The second-order valence-electron chi connectivity index (χ2n) is 7.16. The van der Waals surface area contributed by atoms with Gasteiger partial charge in [-0.3, -0.25) is 4.79 Å². The number of fused-ring (bicyclic) bond motifs is 1. The molecule has 1 aliphatic rings. The molecule has 0 aliphatic carbocycles. The molecule has 0 unspecified atom stereocenters. The van der Waals surface area contributed by atoms with Crippen molar-refractivity contribution in [3.63, 3.8) is 0 Å². The maximum Gasteiger partial charge on any atom is 0.255 e. The van der Waals surface area contributed by atoms with Gasteiger partial charge in [0.25, 0.3) is 5.91 Å². The summed E-state index contributed by atoms with van der Waals surface area (Å²) in [6.07, 6.45) is 0.783. The van der Waals surface area contributed by atoms with Crippen molar-refractivity contribution in [3.8, 4) is 11.5 Å². The smallest absolute Gasteiger partial charge is 0.255 e. The largest absolute Gasteiger partial charge is 0.490 e. The van der Waals surface area contributed by atoms with E-state index < -0.39 is 15.9 Å². The monoisotopic (exact) mass is 492 g/mol. The van der Waals surface area contributed by atoms with Crippen LogP contribution in [0.3, 0.4) is 0 Å². The van der Waals surface area contributed by atoms with E-state index in [1.165, 1.54) is 34.8 Å². The lowest BCUT2D eigenvalue weighted by molar-refractivity contribution is 0.102. The number of ether oxygens (including phenoxy) is 2. The summed E-state index contributed by atoms with van der Waals surface area (Å²) in [4.78, 5) is 13.6. The number of carbonyl (C=O) groups excluding carboxylic acids is 1. The fourth-order valence-corrected chi connectivity index (χ4v) is 5.58. The molecule has 4 rings (SSSR count). The Balaban J connectivity index is 1.50. The number of carbonyl (C=O) groups is 1. The van der Waals surface area contributed by atoms with Crippen LogP contribution in [-0.4, -0.2) is 38.9 Å². The molecule has 0 atom stereocenters. The Morgan fingerprint density at radius 2 is 1.88 bits per heavy atom. The number of nitrogens with zero attached hydrogens (tertiary/aromatic N) is 1. The maximum atomic E-state index is 13.0. The van der Waals surface area contributed by atoms with E-state index in [0.717, 1.165) is 11.3 Å². The number of thiophene rings is 1. The van der Waals surface area contributed by atoms with Crippen molar-refractivity contribution in [3.05, 3.63) is 69.4 Å². The van der Waals surface area contributed by atoms with Crippen molar-refractivity contribution in [1.29, 1.82) is 0 Å². The summed E-state index contributed by atoms with van der Waals surface area (Å²) in [7, 11) is -2.30. The zero-order valence-corrected chi connectivity index (χ0v) is 19.6. The lowest BCUT2D eigenvalue weighted by Crippen LogP contribution is -2.26. The molecule has 1 amide bonds. The highest BCUT2D eigenvalue weighted by molar-refractivity contribution is 7.89. The summed E-state index contributed by atoms with van der Waals surface area (Å²) in [6, 6.07) is 14.6. The molecule has 0 radical (unpaired) electrons. The van der Waals surface area contributed by atoms with Crippen molar-refractivity contribution in [2.75, 3.05) is 25.6 Å². The lowest BCUT2D eigenvalue weighted by Gasteiger charge is -2.17. The van der Waals surface area contributed by atoms with E-state index in [4.69, 9.17) is 21.1 Å². The number of amides is 1. The molecular formula is C22H21ClN2O5S2. The van der Waals surface area contributed by atoms with Gasteiger partial charge >= 0.3 is 0 Å². The number of sulfonamides is 1. The van der Waals surface area contributed by atoms with E-state index >= 15 is 0 Å². The first-order valence-corrected chi connectivity index (χ1v) is 12.5. The van der Waals surface area contributed by atoms with Crippen molar-refractivity contribution < 1.29 is 22.7 Å². The van der Waals surface area contributed by atoms with E-state index in [0.29, 0.717) is 34.7 Å². The van der Waals surface area contributed by atoms with Gasteiger partial charge in [-0.05, 0) is 42.5 Å². The highest BCUT2D eigenvalue weighted by atomic mass is 35.5. The third-order valence-corrected chi connectivity index (χ3v) is 7.83. The second-order valence-corrected chi connectivity index (χ2v) is 11.0. The fraction of sp³-hybridized carbons (Fsp3) is 0.227. The van der Waals surface area contributed by atoms with Gasteiger partial charge in [-0.25, -0.2) is 8.42 Å². The molecule has 168 valence electrons. The Bertz CT molecular complexity index is 1240. The van der Waals surface area contributed by atoms with Crippen LogP contribution in [0, 0.1) is 0 Å². The molecule has 1 aromatic heterocycles. The van der Waals surface area contributed by atoms with E-state index in [9.17, 15) is 13.2 Å². The van der Waals surface area contributed by atoms with Crippen LogP contribution in [0.15, 0.2) is 59.5 Å². The first kappa shape index (κ1) is 22.6. The topological polar surface area (TPSA) is 84.9 Å². The second kappa shape index (κ2) is 9.50. The van der Waals surface area contributed by atoms with Gasteiger partial charge in [-0.15, -0.1) is 11.3 Å². The van der Waals surface area contributed by atoms with Crippen LogP contribution in [0.1, 0.15) is 21.7 Å². The first-order chi connectivity index (χ1) is 15.3. The van der Waals surface area contributed by atoms with Crippen molar-refractivity contribution in [2.24, 2.45) is 0 Å². The van der Waals surface area contributed by atoms with Gasteiger partial charge in [0.2, 0.25) is 10.0 Å². The molecule has 0 fully saturated rings. The normalized spacial score (nSPS) is 13.6. The number of anilines is 1. The average Bonchev–Trinajstić information content (AvgIpc) is 3.04. The summed E-state index contributed by atoms with van der Waals surface area (Å²) in [5.74, 6) is 0.764. The van der Waals surface area contributed by atoms with Gasteiger partial charge in [0.15, 0.2) is 11.5 Å². The van der Waals surface area contributed by atoms with Gasteiger partial charge in [-0.1, -0.05) is 17.7 Å². The Hall–Kier alpha value is -2.59. The number of benzene rings is 2. The molecule has 10 heteroatoms. The quantitative estimate of drug-likeness (QED) is 0.542. The predicted octanol–water partition coefficient (Wildman–Crippen LogP) is 4.64. The SMILES string of the molecule is CN(Cc1ccc(Cl)s1)S(=O)(=O)c1cccc(C(=O)Nc2ccc3c(c2)OCCCO3)c1. The van der Waals surface area contributed by atoms with Gasteiger partial charge in [0.05, 0.1) is 22.4 Å². The van der Waals surface area contributed by atoms with Crippen LogP contribution in [0.2, 0.25) is 4.34 Å². The van der Waals surface area contributed by atoms with Crippen LogP contribution < -0.4 is 14.8 Å². The third-order valence-electron chi connectivity index (χ3n) is 4.82. The third kappa shape index (κ3) is 5.07. The van der Waals surface area contributed by atoms with Crippen LogP contribution in [0.4, 0.5) is 5.69 Å². The number of nitrogens with one attached hydrogen (secondary N) is 1. The minimum Gasteiger partial charge on any atom is -0.490 e. The zero-order chi connectivity index (χ0) is 22.7. The van der Waals surface area contributed by atoms with Crippen molar-refractivity contribution in [1.82, 2.24) is 4.31 Å². The Kier molecular flexibility index (Phi) is 6.71. The summed E-state index contributed by atoms with van der Waals surface area (Å²) in [5, 5.41) is 2.78. The Morgan fingerprint density at radius 1 is 1.09 bits per heavy atom. The molecule has 0 saturated carbocycles. The van der Waals surface area contributed by atoms with Crippen LogP contribution in [0.5, 0.6) is 11.5 Å². The summed E-state index contributed by atoms with van der Waals surface area (Å²) < 4.78 is 39.1. The highest BCUT2D eigenvalue weighted by Gasteiger charge is 2.23. The molecule has 0 bridgehead atoms. The van der Waals surface area contributed by atoms with Gasteiger partial charge in [-0.2, -0.15) is 4.31 Å². The van der Waals surface area contributed by atoms with Crippen molar-refractivity contribution in [2.45, 2.75) is 17.9 Å². The van der Waals surface area contributed by atoms with Crippen molar-refractivity contribution >= 4 is 44.6 Å². The Morgan fingerprint density at radius 3 is 2.62 bits per heavy atom. The molecule has 2 aromatic carbocycles. The van der Waals surface area contributed by atoms with Crippen LogP contribution >= 0.6 is 22.9 Å². The molecule has 2 heterocycles. The highest BCUT2D eigenvalue weighted by Crippen LogP contribution is 2.32. The van der Waals surface area contributed by atoms with Gasteiger partial charge in [0.1, 0.15) is 0 Å². The number of rotatable bonds is 6. The predicted molar refractivity (Wildman–Crippen MR) is 124 cm³/mol. The average molecular weight is 493 g/mol. The van der Waals surface area contributed by atoms with Crippen LogP contribution in [-0.2, 0) is 16.6 Å². The number of halogens is 1.